The maximum atomic E-state index is 14.5. The second-order valence-electron chi connectivity index (χ2n) is 9.77. The van der Waals surface area contributed by atoms with Crippen molar-refractivity contribution in [1.82, 2.24) is 19.9 Å². The third-order valence-electron chi connectivity index (χ3n) is 6.53. The van der Waals surface area contributed by atoms with E-state index in [0.29, 0.717) is 5.95 Å². The van der Waals surface area contributed by atoms with Crippen LogP contribution in [0, 0.1) is 5.82 Å². The molecule has 4 rings (SSSR count). The highest BCUT2D eigenvalue weighted by atomic mass is 19.1. The average molecular weight is 435 g/mol. The van der Waals surface area contributed by atoms with Crippen LogP contribution in [-0.2, 0) is 0 Å². The summed E-state index contributed by atoms with van der Waals surface area (Å²) in [6.07, 6.45) is 6.59. The van der Waals surface area contributed by atoms with Crippen molar-refractivity contribution in [1.29, 1.82) is 0 Å². The first-order chi connectivity index (χ1) is 15.1. The van der Waals surface area contributed by atoms with Crippen molar-refractivity contribution < 1.29 is 4.39 Å². The lowest BCUT2D eigenvalue weighted by molar-refractivity contribution is -0.00778. The largest absolute Gasteiger partial charge is 0.365 e. The Bertz CT molecular complexity index is 1050. The normalized spacial score (nSPS) is 18.3. The van der Waals surface area contributed by atoms with E-state index in [4.69, 9.17) is 0 Å². The Morgan fingerprint density at radius 1 is 0.969 bits per heavy atom. The van der Waals surface area contributed by atoms with Crippen molar-refractivity contribution in [3.05, 3.63) is 60.8 Å². The zero-order valence-corrected chi connectivity index (χ0v) is 19.4. The van der Waals surface area contributed by atoms with Crippen molar-refractivity contribution in [3.63, 3.8) is 0 Å². The van der Waals surface area contributed by atoms with Crippen LogP contribution in [0.1, 0.15) is 40.5 Å². The van der Waals surface area contributed by atoms with Gasteiger partial charge in [0.25, 0.3) is 0 Å². The lowest BCUT2D eigenvalue weighted by Gasteiger charge is -2.53. The molecule has 168 valence electrons. The second-order valence-corrected chi connectivity index (χ2v) is 9.77. The molecule has 6 nitrogen and oxygen atoms in total. The predicted octanol–water partition coefficient (Wildman–Crippen LogP) is 5.48. The molecule has 3 heterocycles. The minimum absolute atomic E-state index is 0.0000223. The van der Waals surface area contributed by atoms with Crippen molar-refractivity contribution in [2.75, 3.05) is 17.7 Å². The van der Waals surface area contributed by atoms with Crippen molar-refractivity contribution >= 4 is 17.5 Å². The van der Waals surface area contributed by atoms with Crippen LogP contribution in [0.2, 0.25) is 0 Å². The van der Waals surface area contributed by atoms with Crippen molar-refractivity contribution in [3.8, 4) is 11.1 Å². The molecule has 1 saturated heterocycles. The van der Waals surface area contributed by atoms with Gasteiger partial charge in [-0.1, -0.05) is 18.2 Å². The number of nitrogens with zero attached hydrogens (tertiary/aromatic N) is 4. The Hall–Kier alpha value is -3.06. The Morgan fingerprint density at radius 3 is 2.28 bits per heavy atom. The molecule has 1 aromatic carbocycles. The molecular weight excluding hydrogens is 403 g/mol. The van der Waals surface area contributed by atoms with E-state index in [2.05, 4.69) is 65.2 Å². The highest BCUT2D eigenvalue weighted by Gasteiger charge is 2.43. The first kappa shape index (κ1) is 22.1. The number of halogens is 1. The zero-order valence-electron chi connectivity index (χ0n) is 19.4. The molecule has 2 aromatic heterocycles. The molecule has 0 atom stereocenters. The van der Waals surface area contributed by atoms with Crippen LogP contribution in [0.4, 0.5) is 21.8 Å². The standard InChI is InChI=1S/C25H31FN6/c1-24(2)13-20(14-25(3,4)32(24)5)29-22-21(26)16-28-23(31-22)30-19-10-8-17(9-11-19)18-7-6-12-27-15-18/h6-12,15-16,20H,13-14H2,1-5H3,(H2,28,29,30,31). The summed E-state index contributed by atoms with van der Waals surface area (Å²) in [7, 11) is 2.16. The molecule has 7 heteroatoms. The van der Waals surface area contributed by atoms with Gasteiger partial charge in [0.05, 0.1) is 6.20 Å². The van der Waals surface area contributed by atoms with E-state index < -0.39 is 5.82 Å². The molecule has 1 aliphatic heterocycles. The smallest absolute Gasteiger partial charge is 0.229 e. The summed E-state index contributed by atoms with van der Waals surface area (Å²) in [5.41, 5.74) is 2.95. The Balaban J connectivity index is 1.48. The minimum Gasteiger partial charge on any atom is -0.365 e. The number of hydrogen-bond acceptors (Lipinski definition) is 6. The predicted molar refractivity (Wildman–Crippen MR) is 128 cm³/mol. The molecule has 0 spiro atoms. The molecule has 32 heavy (non-hydrogen) atoms. The fourth-order valence-corrected chi connectivity index (χ4v) is 4.60. The number of piperidine rings is 1. The Labute approximate surface area is 189 Å². The summed E-state index contributed by atoms with van der Waals surface area (Å²) in [5, 5.41) is 6.51. The molecule has 0 saturated carbocycles. The quantitative estimate of drug-likeness (QED) is 0.554. The summed E-state index contributed by atoms with van der Waals surface area (Å²) in [5.74, 6) is 0.141. The lowest BCUT2D eigenvalue weighted by Crippen LogP contribution is -2.61. The van der Waals surface area contributed by atoms with E-state index in [9.17, 15) is 4.39 Å². The van der Waals surface area contributed by atoms with Crippen LogP contribution in [0.15, 0.2) is 55.0 Å². The highest BCUT2D eigenvalue weighted by molar-refractivity contribution is 5.66. The van der Waals surface area contributed by atoms with E-state index in [1.165, 1.54) is 6.20 Å². The van der Waals surface area contributed by atoms with Gasteiger partial charge in [-0.15, -0.1) is 0 Å². The maximum absolute atomic E-state index is 14.5. The number of hydrogen-bond donors (Lipinski definition) is 2. The van der Waals surface area contributed by atoms with Gasteiger partial charge in [-0.3, -0.25) is 9.88 Å². The second kappa shape index (κ2) is 8.47. The van der Waals surface area contributed by atoms with E-state index in [-0.39, 0.29) is 22.9 Å². The molecule has 0 radical (unpaired) electrons. The van der Waals surface area contributed by atoms with Gasteiger partial charge >= 0.3 is 0 Å². The first-order valence-electron chi connectivity index (χ1n) is 10.9. The summed E-state index contributed by atoms with van der Waals surface area (Å²) >= 11 is 0. The SMILES string of the molecule is CN1C(C)(C)CC(Nc2nc(Nc3ccc(-c4cccnc4)cc3)ncc2F)CC1(C)C. The molecule has 0 bridgehead atoms. The molecule has 0 unspecified atom stereocenters. The Kier molecular flexibility index (Phi) is 5.86. The van der Waals surface area contributed by atoms with Gasteiger partial charge in [0.2, 0.25) is 5.95 Å². The van der Waals surface area contributed by atoms with E-state index in [1.54, 1.807) is 6.20 Å². The van der Waals surface area contributed by atoms with Gasteiger partial charge < -0.3 is 10.6 Å². The Morgan fingerprint density at radius 2 is 1.66 bits per heavy atom. The number of nitrogens with one attached hydrogen (secondary N) is 2. The fraction of sp³-hybridized carbons (Fsp3) is 0.400. The van der Waals surface area contributed by atoms with E-state index >= 15 is 0 Å². The molecule has 1 fully saturated rings. The summed E-state index contributed by atoms with van der Waals surface area (Å²) in [4.78, 5) is 15.1. The van der Waals surface area contributed by atoms with Gasteiger partial charge in [0.1, 0.15) is 0 Å². The van der Waals surface area contributed by atoms with Gasteiger partial charge in [-0.2, -0.15) is 4.98 Å². The first-order valence-corrected chi connectivity index (χ1v) is 10.9. The van der Waals surface area contributed by atoms with Gasteiger partial charge in [-0.05, 0) is 76.9 Å². The minimum atomic E-state index is -0.447. The fourth-order valence-electron chi connectivity index (χ4n) is 4.60. The number of benzene rings is 1. The molecular formula is C25H31FN6. The maximum Gasteiger partial charge on any atom is 0.229 e. The summed E-state index contributed by atoms with van der Waals surface area (Å²) in [6, 6.07) is 12.0. The molecule has 0 amide bonds. The van der Waals surface area contributed by atoms with Crippen LogP contribution in [-0.4, -0.2) is 44.0 Å². The number of likely N-dealkylation sites (tertiary alicyclic amines) is 1. The molecule has 2 N–H and O–H groups in total. The number of rotatable bonds is 5. The summed E-state index contributed by atoms with van der Waals surface area (Å²) in [6.45, 7) is 8.89. The van der Waals surface area contributed by atoms with Gasteiger partial charge in [0, 0.05) is 35.2 Å². The van der Waals surface area contributed by atoms with Crippen LogP contribution in [0.25, 0.3) is 11.1 Å². The topological polar surface area (TPSA) is 66.0 Å². The van der Waals surface area contributed by atoms with Crippen molar-refractivity contribution in [2.45, 2.75) is 57.7 Å². The molecule has 3 aromatic rings. The third kappa shape index (κ3) is 4.72. The van der Waals surface area contributed by atoms with E-state index in [1.807, 2.05) is 42.6 Å². The number of anilines is 3. The third-order valence-corrected chi connectivity index (χ3v) is 6.53. The van der Waals surface area contributed by atoms with Crippen molar-refractivity contribution in [2.24, 2.45) is 0 Å². The van der Waals surface area contributed by atoms with Gasteiger partial charge in [0.15, 0.2) is 11.6 Å². The van der Waals surface area contributed by atoms with E-state index in [0.717, 1.165) is 29.7 Å². The number of pyridine rings is 1. The van der Waals surface area contributed by atoms with Crippen LogP contribution >= 0.6 is 0 Å². The monoisotopic (exact) mass is 434 g/mol. The van der Waals surface area contributed by atoms with Crippen LogP contribution in [0.3, 0.4) is 0 Å². The lowest BCUT2D eigenvalue weighted by atomic mass is 9.77. The van der Waals surface area contributed by atoms with Crippen LogP contribution < -0.4 is 10.6 Å². The zero-order chi connectivity index (χ0) is 22.9. The average Bonchev–Trinajstić information content (AvgIpc) is 2.75. The molecule has 0 aliphatic carbocycles. The molecule has 1 aliphatic rings. The van der Waals surface area contributed by atoms with Gasteiger partial charge in [-0.25, -0.2) is 9.37 Å². The summed E-state index contributed by atoms with van der Waals surface area (Å²) < 4.78 is 14.5. The highest BCUT2D eigenvalue weighted by Crippen LogP contribution is 2.38. The number of aromatic nitrogens is 3. The van der Waals surface area contributed by atoms with Crippen LogP contribution in [0.5, 0.6) is 0 Å².